The summed E-state index contributed by atoms with van der Waals surface area (Å²) in [6.45, 7) is 7.11. The highest BCUT2D eigenvalue weighted by molar-refractivity contribution is 5.43. The van der Waals surface area contributed by atoms with Crippen LogP contribution < -0.4 is 10.5 Å². The molecule has 0 heterocycles. The van der Waals surface area contributed by atoms with Crippen molar-refractivity contribution >= 4 is 0 Å². The largest absolute Gasteiger partial charge is 0.496 e. The second-order valence-corrected chi connectivity index (χ2v) is 5.30. The predicted molar refractivity (Wildman–Crippen MR) is 77.1 cm³/mol. The van der Waals surface area contributed by atoms with Crippen molar-refractivity contribution in [2.24, 2.45) is 11.7 Å². The Morgan fingerprint density at radius 2 is 1.83 bits per heavy atom. The third-order valence-electron chi connectivity index (χ3n) is 3.57. The van der Waals surface area contributed by atoms with Crippen LogP contribution in [0.2, 0.25) is 0 Å². The lowest BCUT2D eigenvalue weighted by Gasteiger charge is -2.31. The van der Waals surface area contributed by atoms with E-state index in [1.807, 2.05) is 0 Å². The molecule has 0 aliphatic carbocycles. The van der Waals surface area contributed by atoms with E-state index < -0.39 is 0 Å². The van der Waals surface area contributed by atoms with Crippen LogP contribution in [0, 0.1) is 19.8 Å². The lowest BCUT2D eigenvalue weighted by atomic mass is 9.89. The van der Waals surface area contributed by atoms with E-state index in [0.29, 0.717) is 18.5 Å². The first-order valence-corrected chi connectivity index (χ1v) is 6.44. The molecule has 3 heteroatoms. The number of hydrogen-bond donors (Lipinski definition) is 1. The molecule has 2 atom stereocenters. The number of hydrogen-bond acceptors (Lipinski definition) is 3. The fourth-order valence-electron chi connectivity index (χ4n) is 2.57. The molecule has 0 amide bonds. The number of methoxy groups -OCH3 is 1. The molecule has 18 heavy (non-hydrogen) atoms. The van der Waals surface area contributed by atoms with Gasteiger partial charge in [0.1, 0.15) is 5.75 Å². The van der Waals surface area contributed by atoms with Gasteiger partial charge in [0.2, 0.25) is 0 Å². The van der Waals surface area contributed by atoms with Crippen LogP contribution in [-0.4, -0.2) is 32.6 Å². The second kappa shape index (κ2) is 6.21. The minimum absolute atomic E-state index is 0.347. The van der Waals surface area contributed by atoms with Gasteiger partial charge in [0, 0.05) is 6.04 Å². The fraction of sp³-hybridized carbons (Fsp3) is 0.600. The zero-order chi connectivity index (χ0) is 13.9. The molecular weight excluding hydrogens is 224 g/mol. The van der Waals surface area contributed by atoms with Crippen LogP contribution in [0.3, 0.4) is 0 Å². The van der Waals surface area contributed by atoms with E-state index in [1.165, 1.54) is 16.7 Å². The van der Waals surface area contributed by atoms with Gasteiger partial charge in [-0.3, -0.25) is 0 Å². The van der Waals surface area contributed by atoms with Crippen LogP contribution in [-0.2, 0) is 0 Å². The quantitative estimate of drug-likeness (QED) is 0.872. The minimum Gasteiger partial charge on any atom is -0.496 e. The van der Waals surface area contributed by atoms with Crippen molar-refractivity contribution in [2.45, 2.75) is 26.8 Å². The summed E-state index contributed by atoms with van der Waals surface area (Å²) in [7, 11) is 5.93. The van der Waals surface area contributed by atoms with Gasteiger partial charge in [0.25, 0.3) is 0 Å². The normalized spacial score (nSPS) is 14.7. The maximum atomic E-state index is 5.84. The standard InChI is InChI=1S/C15H26N2O/c1-10-8-14(18-6)11(2)7-13(10)15(17(4)5)12(3)9-16/h7-8,12,15H,9,16H2,1-6H3. The Balaban J connectivity index is 3.24. The molecule has 0 aliphatic rings. The first-order valence-electron chi connectivity index (χ1n) is 6.44. The SMILES string of the molecule is COc1cc(C)c(C(C(C)CN)N(C)C)cc1C. The van der Waals surface area contributed by atoms with Crippen molar-refractivity contribution in [3.05, 3.63) is 28.8 Å². The predicted octanol–water partition coefficient (Wildman–Crippen LogP) is 2.51. The van der Waals surface area contributed by atoms with Crippen molar-refractivity contribution in [3.8, 4) is 5.75 Å². The Kier molecular flexibility index (Phi) is 5.17. The highest BCUT2D eigenvalue weighted by Crippen LogP contribution is 2.32. The number of benzene rings is 1. The summed E-state index contributed by atoms with van der Waals surface area (Å²) in [5.74, 6) is 1.38. The van der Waals surface area contributed by atoms with E-state index in [4.69, 9.17) is 10.5 Å². The first kappa shape index (κ1) is 15.0. The van der Waals surface area contributed by atoms with Crippen LogP contribution in [0.15, 0.2) is 12.1 Å². The molecule has 0 bridgehead atoms. The average Bonchev–Trinajstić information content (AvgIpc) is 2.32. The Morgan fingerprint density at radius 3 is 2.28 bits per heavy atom. The van der Waals surface area contributed by atoms with Gasteiger partial charge in [0.05, 0.1) is 7.11 Å². The Hall–Kier alpha value is -1.06. The number of ether oxygens (including phenoxy) is 1. The summed E-state index contributed by atoms with van der Waals surface area (Å²) in [4.78, 5) is 2.24. The highest BCUT2D eigenvalue weighted by atomic mass is 16.5. The smallest absolute Gasteiger partial charge is 0.122 e. The van der Waals surface area contributed by atoms with Gasteiger partial charge >= 0.3 is 0 Å². The molecule has 2 unspecified atom stereocenters. The molecule has 1 rings (SSSR count). The van der Waals surface area contributed by atoms with E-state index in [1.54, 1.807) is 7.11 Å². The third kappa shape index (κ3) is 3.03. The summed E-state index contributed by atoms with van der Waals surface area (Å²) in [6, 6.07) is 4.69. The molecule has 0 aromatic heterocycles. The lowest BCUT2D eigenvalue weighted by Crippen LogP contribution is -2.30. The minimum atomic E-state index is 0.347. The summed E-state index contributed by atoms with van der Waals surface area (Å²) < 4.78 is 5.37. The van der Waals surface area contributed by atoms with Gasteiger partial charge in [0.15, 0.2) is 0 Å². The van der Waals surface area contributed by atoms with Crippen LogP contribution in [0.4, 0.5) is 0 Å². The first-order chi connectivity index (χ1) is 8.42. The summed E-state index contributed by atoms with van der Waals surface area (Å²) in [5, 5.41) is 0. The van der Waals surface area contributed by atoms with Gasteiger partial charge in [-0.1, -0.05) is 13.0 Å². The average molecular weight is 250 g/mol. The van der Waals surface area contributed by atoms with Gasteiger partial charge in [-0.05, 0) is 63.2 Å². The van der Waals surface area contributed by atoms with Crippen molar-refractivity contribution in [1.82, 2.24) is 4.90 Å². The number of rotatable bonds is 5. The summed E-state index contributed by atoms with van der Waals surface area (Å²) >= 11 is 0. The molecule has 0 aliphatic heterocycles. The van der Waals surface area contributed by atoms with Gasteiger partial charge in [-0.25, -0.2) is 0 Å². The molecular formula is C15H26N2O. The Bertz CT molecular complexity index is 402. The van der Waals surface area contributed by atoms with Gasteiger partial charge in [-0.15, -0.1) is 0 Å². The molecule has 0 saturated carbocycles. The lowest BCUT2D eigenvalue weighted by molar-refractivity contribution is 0.226. The fourth-order valence-corrected chi connectivity index (χ4v) is 2.57. The Labute approximate surface area is 111 Å². The van der Waals surface area contributed by atoms with E-state index in [2.05, 4.69) is 51.9 Å². The van der Waals surface area contributed by atoms with E-state index in [9.17, 15) is 0 Å². The zero-order valence-electron chi connectivity index (χ0n) is 12.4. The number of nitrogens with two attached hydrogens (primary N) is 1. The molecule has 0 saturated heterocycles. The highest BCUT2D eigenvalue weighted by Gasteiger charge is 2.22. The van der Waals surface area contributed by atoms with Crippen molar-refractivity contribution in [3.63, 3.8) is 0 Å². The molecule has 2 N–H and O–H groups in total. The van der Waals surface area contributed by atoms with Gasteiger partial charge < -0.3 is 15.4 Å². The van der Waals surface area contributed by atoms with Crippen LogP contribution in [0.5, 0.6) is 5.75 Å². The molecule has 0 radical (unpaired) electrons. The maximum absolute atomic E-state index is 5.84. The summed E-state index contributed by atoms with van der Waals surface area (Å²) in [6.07, 6.45) is 0. The Morgan fingerprint density at radius 1 is 1.22 bits per heavy atom. The molecule has 1 aromatic carbocycles. The molecule has 102 valence electrons. The third-order valence-corrected chi connectivity index (χ3v) is 3.57. The van der Waals surface area contributed by atoms with Crippen molar-refractivity contribution in [1.29, 1.82) is 0 Å². The number of nitrogens with zero attached hydrogens (tertiary/aromatic N) is 1. The van der Waals surface area contributed by atoms with E-state index in [0.717, 1.165) is 5.75 Å². The second-order valence-electron chi connectivity index (χ2n) is 5.30. The van der Waals surface area contributed by atoms with Crippen LogP contribution in [0.25, 0.3) is 0 Å². The van der Waals surface area contributed by atoms with Crippen LogP contribution >= 0.6 is 0 Å². The molecule has 3 nitrogen and oxygen atoms in total. The maximum Gasteiger partial charge on any atom is 0.122 e. The van der Waals surface area contributed by atoms with Crippen molar-refractivity contribution in [2.75, 3.05) is 27.7 Å². The zero-order valence-corrected chi connectivity index (χ0v) is 12.4. The number of aryl methyl sites for hydroxylation is 2. The molecule has 1 aromatic rings. The summed E-state index contributed by atoms with van der Waals surface area (Å²) in [5.41, 5.74) is 9.62. The van der Waals surface area contributed by atoms with Crippen LogP contribution in [0.1, 0.15) is 29.7 Å². The van der Waals surface area contributed by atoms with E-state index >= 15 is 0 Å². The topological polar surface area (TPSA) is 38.5 Å². The molecule has 0 spiro atoms. The monoisotopic (exact) mass is 250 g/mol. The van der Waals surface area contributed by atoms with Gasteiger partial charge in [-0.2, -0.15) is 0 Å². The van der Waals surface area contributed by atoms with E-state index in [-0.39, 0.29) is 0 Å². The van der Waals surface area contributed by atoms with Crippen molar-refractivity contribution < 1.29 is 4.74 Å². The molecule has 0 fully saturated rings.